The van der Waals surface area contributed by atoms with E-state index in [0.29, 0.717) is 17.0 Å². The molecule has 4 nitrogen and oxygen atoms in total. The zero-order chi connectivity index (χ0) is 16.7. The number of aliphatic hydroxyl groups excluding tert-OH is 2. The molecule has 2 heterocycles. The van der Waals surface area contributed by atoms with Crippen LogP contribution in [0, 0.1) is 0 Å². The van der Waals surface area contributed by atoms with Crippen molar-refractivity contribution in [2.45, 2.75) is 6.23 Å². The Morgan fingerprint density at radius 1 is 0.958 bits per heavy atom. The molecule has 0 saturated carbocycles. The number of nitrogens with one attached hydrogen (secondary N) is 1. The van der Waals surface area contributed by atoms with Crippen molar-refractivity contribution in [1.82, 2.24) is 4.57 Å². The monoisotopic (exact) mass is 382 g/mol. The summed E-state index contributed by atoms with van der Waals surface area (Å²) in [5, 5.41) is 24.3. The third-order valence-electron chi connectivity index (χ3n) is 4.12. The Morgan fingerprint density at radius 2 is 1.67 bits per heavy atom. The molecule has 0 spiro atoms. The maximum absolute atomic E-state index is 10.9. The Kier molecular flexibility index (Phi) is 3.67. The molecule has 1 aromatic heterocycles. The smallest absolute Gasteiger partial charge is 0.155 e. The third-order valence-corrected chi connectivity index (χ3v) is 4.65. The fraction of sp³-hybridized carbons (Fsp3) is 0.0526. The van der Waals surface area contributed by atoms with E-state index in [9.17, 15) is 10.2 Å². The van der Waals surface area contributed by atoms with Crippen LogP contribution in [0.25, 0.3) is 17.0 Å². The number of aliphatic hydroxyl groups is 2. The van der Waals surface area contributed by atoms with E-state index in [1.165, 1.54) is 0 Å². The lowest BCUT2D eigenvalue weighted by Crippen LogP contribution is -2.26. The van der Waals surface area contributed by atoms with Gasteiger partial charge in [0.1, 0.15) is 11.5 Å². The first kappa shape index (κ1) is 15.1. The van der Waals surface area contributed by atoms with Gasteiger partial charge in [0.2, 0.25) is 0 Å². The van der Waals surface area contributed by atoms with Crippen molar-refractivity contribution in [3.8, 4) is 5.69 Å². The zero-order valence-corrected chi connectivity index (χ0v) is 14.2. The molecular formula is C19H15BrN2O2. The van der Waals surface area contributed by atoms with E-state index >= 15 is 0 Å². The van der Waals surface area contributed by atoms with E-state index in [1.807, 2.05) is 71.4 Å². The second kappa shape index (κ2) is 5.85. The average molecular weight is 383 g/mol. The lowest BCUT2D eigenvalue weighted by atomic mass is 9.98. The van der Waals surface area contributed by atoms with E-state index in [1.54, 1.807) is 0 Å². The van der Waals surface area contributed by atoms with Gasteiger partial charge in [-0.2, -0.15) is 0 Å². The summed E-state index contributed by atoms with van der Waals surface area (Å²) in [4.78, 5) is 0. The van der Waals surface area contributed by atoms with Crippen molar-refractivity contribution < 1.29 is 10.2 Å². The predicted octanol–water partition coefficient (Wildman–Crippen LogP) is 4.41. The van der Waals surface area contributed by atoms with Gasteiger partial charge in [-0.1, -0.05) is 46.3 Å². The van der Waals surface area contributed by atoms with E-state index in [2.05, 4.69) is 21.2 Å². The first-order valence-corrected chi connectivity index (χ1v) is 8.35. The number of fused-ring (bicyclic) bond motifs is 1. The number of rotatable bonds is 2. The molecule has 1 unspecified atom stereocenters. The van der Waals surface area contributed by atoms with E-state index in [4.69, 9.17) is 0 Å². The van der Waals surface area contributed by atoms with Crippen LogP contribution < -0.4 is 5.32 Å². The lowest BCUT2D eigenvalue weighted by molar-refractivity contribution is 0.258. The maximum atomic E-state index is 10.9. The SMILES string of the molecule is OC1=C(c2ccccc2)C(O)Nc2ccn(-c3ccc(Br)cc3)c21. The molecule has 0 radical (unpaired) electrons. The number of anilines is 1. The molecule has 1 aliphatic heterocycles. The van der Waals surface area contributed by atoms with Crippen LogP contribution in [0.4, 0.5) is 5.69 Å². The quantitative estimate of drug-likeness (QED) is 0.615. The number of benzene rings is 2. The summed E-state index contributed by atoms with van der Waals surface area (Å²) in [5.74, 6) is 0.0790. The number of hydrogen-bond donors (Lipinski definition) is 3. The standard InChI is InChI=1S/C19H15BrN2O2/c20-13-6-8-14(9-7-13)22-11-10-15-17(22)18(23)16(19(24)21-15)12-4-2-1-3-5-12/h1-11,19,21,23-24H. The predicted molar refractivity (Wildman–Crippen MR) is 99.0 cm³/mol. The summed E-state index contributed by atoms with van der Waals surface area (Å²) in [6.45, 7) is 0. The normalized spacial score (nSPS) is 16.7. The maximum Gasteiger partial charge on any atom is 0.155 e. The van der Waals surface area contributed by atoms with Gasteiger partial charge >= 0.3 is 0 Å². The molecular weight excluding hydrogens is 368 g/mol. The highest BCUT2D eigenvalue weighted by atomic mass is 79.9. The summed E-state index contributed by atoms with van der Waals surface area (Å²) >= 11 is 3.43. The zero-order valence-electron chi connectivity index (χ0n) is 12.6. The van der Waals surface area contributed by atoms with Crippen molar-refractivity contribution in [3.63, 3.8) is 0 Å². The lowest BCUT2D eigenvalue weighted by Gasteiger charge is -2.26. The van der Waals surface area contributed by atoms with Crippen molar-refractivity contribution in [3.05, 3.63) is 82.6 Å². The van der Waals surface area contributed by atoms with Crippen molar-refractivity contribution >= 4 is 32.9 Å². The minimum absolute atomic E-state index is 0.0790. The van der Waals surface area contributed by atoms with E-state index < -0.39 is 6.23 Å². The van der Waals surface area contributed by atoms with Gasteiger partial charge in [0.25, 0.3) is 0 Å². The molecule has 4 rings (SSSR count). The van der Waals surface area contributed by atoms with Crippen molar-refractivity contribution in [2.24, 2.45) is 0 Å². The Bertz CT molecular complexity index is 914. The Labute approximate surface area is 147 Å². The van der Waals surface area contributed by atoms with Gasteiger partial charge in [-0.25, -0.2) is 0 Å². The first-order chi connectivity index (χ1) is 11.6. The summed E-state index contributed by atoms with van der Waals surface area (Å²) in [6, 6.07) is 19.1. The Hall–Kier alpha value is -2.50. The van der Waals surface area contributed by atoms with E-state index in [-0.39, 0.29) is 5.76 Å². The minimum Gasteiger partial charge on any atom is -0.505 e. The molecule has 0 fully saturated rings. The van der Waals surface area contributed by atoms with Crippen LogP contribution in [0.15, 0.2) is 71.3 Å². The summed E-state index contributed by atoms with van der Waals surface area (Å²) in [6.07, 6.45) is 0.915. The molecule has 0 bridgehead atoms. The van der Waals surface area contributed by atoms with Crippen LogP contribution >= 0.6 is 15.9 Å². The molecule has 1 aliphatic rings. The van der Waals surface area contributed by atoms with Gasteiger partial charge < -0.3 is 20.1 Å². The third kappa shape index (κ3) is 2.42. The molecule has 0 amide bonds. The molecule has 24 heavy (non-hydrogen) atoms. The number of nitrogens with zero attached hydrogens (tertiary/aromatic N) is 1. The van der Waals surface area contributed by atoms with Gasteiger partial charge in [-0.05, 0) is 35.9 Å². The minimum atomic E-state index is -0.958. The molecule has 2 aromatic carbocycles. The Morgan fingerprint density at radius 3 is 2.38 bits per heavy atom. The van der Waals surface area contributed by atoms with Crippen LogP contribution in [0.3, 0.4) is 0 Å². The van der Waals surface area contributed by atoms with Gasteiger partial charge in [0, 0.05) is 16.4 Å². The largest absolute Gasteiger partial charge is 0.505 e. The Balaban J connectivity index is 1.90. The van der Waals surface area contributed by atoms with Gasteiger partial charge in [0.15, 0.2) is 6.23 Å². The number of aromatic nitrogens is 1. The second-order valence-electron chi connectivity index (χ2n) is 5.60. The van der Waals surface area contributed by atoms with Crippen LogP contribution in [-0.4, -0.2) is 21.0 Å². The molecule has 5 heteroatoms. The van der Waals surface area contributed by atoms with Crippen LogP contribution in [0.2, 0.25) is 0 Å². The fourth-order valence-electron chi connectivity index (χ4n) is 3.00. The molecule has 1 atom stereocenters. The first-order valence-electron chi connectivity index (χ1n) is 7.56. The number of halogens is 1. The van der Waals surface area contributed by atoms with Gasteiger partial charge in [-0.3, -0.25) is 0 Å². The number of hydrogen-bond acceptors (Lipinski definition) is 3. The van der Waals surface area contributed by atoms with Gasteiger partial charge in [0.05, 0.1) is 11.3 Å². The second-order valence-corrected chi connectivity index (χ2v) is 6.52. The topological polar surface area (TPSA) is 57.4 Å². The van der Waals surface area contributed by atoms with Crippen LogP contribution in [-0.2, 0) is 0 Å². The highest BCUT2D eigenvalue weighted by Crippen LogP contribution is 2.38. The molecule has 3 aromatic rings. The van der Waals surface area contributed by atoms with E-state index in [0.717, 1.165) is 15.7 Å². The summed E-state index contributed by atoms with van der Waals surface area (Å²) in [7, 11) is 0. The highest BCUT2D eigenvalue weighted by molar-refractivity contribution is 9.10. The summed E-state index contributed by atoms with van der Waals surface area (Å²) < 4.78 is 2.89. The average Bonchev–Trinajstić information content (AvgIpc) is 3.00. The molecule has 3 N–H and O–H groups in total. The van der Waals surface area contributed by atoms with Crippen molar-refractivity contribution in [1.29, 1.82) is 0 Å². The molecule has 120 valence electrons. The van der Waals surface area contributed by atoms with Crippen LogP contribution in [0.5, 0.6) is 0 Å². The molecule has 0 aliphatic carbocycles. The van der Waals surface area contributed by atoms with Crippen LogP contribution in [0.1, 0.15) is 11.3 Å². The fourth-order valence-corrected chi connectivity index (χ4v) is 3.26. The van der Waals surface area contributed by atoms with Crippen molar-refractivity contribution in [2.75, 3.05) is 5.32 Å². The van der Waals surface area contributed by atoms with Gasteiger partial charge in [-0.15, -0.1) is 0 Å². The molecule has 0 saturated heterocycles. The highest BCUT2D eigenvalue weighted by Gasteiger charge is 2.29. The summed E-state index contributed by atoms with van der Waals surface area (Å²) in [5.41, 5.74) is 3.52.